The number of anilines is 1. The van der Waals surface area contributed by atoms with Gasteiger partial charge in [0.15, 0.2) is 11.5 Å². The molecule has 2 amide bonds. The van der Waals surface area contributed by atoms with Gasteiger partial charge in [0.25, 0.3) is 11.8 Å². The lowest BCUT2D eigenvalue weighted by Crippen LogP contribution is -2.28. The number of nitrogens with one attached hydrogen (secondary N) is 2. The van der Waals surface area contributed by atoms with E-state index in [1.54, 1.807) is 7.11 Å². The molecule has 1 aromatic carbocycles. The fourth-order valence-electron chi connectivity index (χ4n) is 3.46. The number of aromatic nitrogens is 2. The summed E-state index contributed by atoms with van der Waals surface area (Å²) < 4.78 is 7.24. The molecule has 2 heterocycles. The average molecular weight is 384 g/mol. The van der Waals surface area contributed by atoms with Crippen LogP contribution in [0.3, 0.4) is 0 Å². The zero-order chi connectivity index (χ0) is 20.1. The summed E-state index contributed by atoms with van der Waals surface area (Å²) in [5.41, 5.74) is 2.76. The van der Waals surface area contributed by atoms with Crippen molar-refractivity contribution in [3.8, 4) is 5.75 Å². The minimum atomic E-state index is -0.317. The minimum absolute atomic E-state index is 0.219. The van der Waals surface area contributed by atoms with Gasteiger partial charge < -0.3 is 19.9 Å². The van der Waals surface area contributed by atoms with Crippen molar-refractivity contribution in [1.29, 1.82) is 0 Å². The molecule has 1 aromatic heterocycles. The molecule has 3 rings (SSSR count). The first-order valence-electron chi connectivity index (χ1n) is 9.88. The lowest BCUT2D eigenvalue weighted by molar-refractivity contribution is 0.0937. The van der Waals surface area contributed by atoms with E-state index in [0.717, 1.165) is 43.4 Å². The van der Waals surface area contributed by atoms with E-state index in [4.69, 9.17) is 4.74 Å². The van der Waals surface area contributed by atoms with Crippen LogP contribution in [0.25, 0.3) is 0 Å². The third-order valence-electron chi connectivity index (χ3n) is 4.96. The van der Waals surface area contributed by atoms with Gasteiger partial charge in [0, 0.05) is 13.1 Å². The van der Waals surface area contributed by atoms with Crippen molar-refractivity contribution in [3.05, 3.63) is 41.0 Å². The molecule has 0 atom stereocenters. The Kier molecular flexibility index (Phi) is 6.34. The Balaban J connectivity index is 1.88. The van der Waals surface area contributed by atoms with Crippen molar-refractivity contribution < 1.29 is 14.3 Å². The van der Waals surface area contributed by atoms with Crippen LogP contribution < -0.4 is 15.4 Å². The molecule has 0 saturated carbocycles. The van der Waals surface area contributed by atoms with Crippen LogP contribution in [0.4, 0.5) is 5.69 Å². The number of imidazole rings is 1. The molecule has 7 nitrogen and oxygen atoms in total. The fourth-order valence-corrected chi connectivity index (χ4v) is 3.46. The number of carbonyl (C=O) groups excluding carboxylic acids is 2. The number of hydrogen-bond donors (Lipinski definition) is 2. The summed E-state index contributed by atoms with van der Waals surface area (Å²) in [5.74, 6) is 0.377. The van der Waals surface area contributed by atoms with E-state index in [0.29, 0.717) is 36.0 Å². The number of amides is 2. The number of hydrogen-bond acceptors (Lipinski definition) is 4. The summed E-state index contributed by atoms with van der Waals surface area (Å²) in [6, 6.07) is 5.60. The molecule has 0 aliphatic carbocycles. The summed E-state index contributed by atoms with van der Waals surface area (Å²) >= 11 is 0. The normalized spacial score (nSPS) is 13.0. The number of unbranched alkanes of at least 4 members (excludes halogenated alkanes) is 1. The molecule has 0 fully saturated rings. The van der Waals surface area contributed by atoms with Gasteiger partial charge in [0.05, 0.1) is 18.5 Å². The second-order valence-corrected chi connectivity index (χ2v) is 7.11. The summed E-state index contributed by atoms with van der Waals surface area (Å²) in [7, 11) is 1.57. The lowest BCUT2D eigenvalue weighted by Gasteiger charge is -2.17. The van der Waals surface area contributed by atoms with Gasteiger partial charge in [0.2, 0.25) is 0 Å². The smallest absolute Gasteiger partial charge is 0.287 e. The van der Waals surface area contributed by atoms with E-state index in [-0.39, 0.29) is 11.8 Å². The predicted molar refractivity (Wildman–Crippen MR) is 108 cm³/mol. The maximum atomic E-state index is 13.0. The van der Waals surface area contributed by atoms with Crippen molar-refractivity contribution in [2.75, 3.05) is 19.0 Å². The molecule has 150 valence electrons. The molecule has 7 heteroatoms. The van der Waals surface area contributed by atoms with Crippen LogP contribution in [0.1, 0.15) is 65.0 Å². The zero-order valence-electron chi connectivity index (χ0n) is 16.8. The summed E-state index contributed by atoms with van der Waals surface area (Å²) in [5, 5.41) is 5.81. The van der Waals surface area contributed by atoms with Gasteiger partial charge in [-0.3, -0.25) is 9.59 Å². The molecule has 1 aliphatic rings. The van der Waals surface area contributed by atoms with Gasteiger partial charge in [-0.2, -0.15) is 0 Å². The third-order valence-corrected chi connectivity index (χ3v) is 4.96. The van der Waals surface area contributed by atoms with Gasteiger partial charge in [-0.25, -0.2) is 4.98 Å². The van der Waals surface area contributed by atoms with E-state index >= 15 is 0 Å². The van der Waals surface area contributed by atoms with Crippen LogP contribution in [0.5, 0.6) is 5.75 Å². The summed E-state index contributed by atoms with van der Waals surface area (Å²) in [6.45, 7) is 5.34. The largest absolute Gasteiger partial charge is 0.495 e. The van der Waals surface area contributed by atoms with E-state index in [9.17, 15) is 9.59 Å². The highest BCUT2D eigenvalue weighted by Crippen LogP contribution is 2.27. The first-order valence-corrected chi connectivity index (χ1v) is 9.88. The zero-order valence-corrected chi connectivity index (χ0v) is 16.8. The van der Waals surface area contributed by atoms with Crippen LogP contribution in [-0.2, 0) is 13.0 Å². The molecule has 1 aliphatic heterocycles. The number of aryl methyl sites for hydroxylation is 1. The molecule has 2 aromatic rings. The summed E-state index contributed by atoms with van der Waals surface area (Å²) in [6.07, 6.45) is 4.62. The lowest BCUT2D eigenvalue weighted by atomic mass is 10.1. The molecule has 0 spiro atoms. The third kappa shape index (κ3) is 4.18. The molecule has 28 heavy (non-hydrogen) atoms. The quantitative estimate of drug-likeness (QED) is 0.717. The Morgan fingerprint density at radius 3 is 2.82 bits per heavy atom. The molecular weight excluding hydrogens is 356 g/mol. The standard InChI is InChI=1S/C21H28N4O3/c1-4-5-11-22-21(27)19-24-18(16-8-6-7-12-25(16)19)20(26)23-15-13-14(2)9-10-17(15)28-3/h9-10,13H,4-8,11-12H2,1-3H3,(H,22,27)(H,23,26). The monoisotopic (exact) mass is 384 g/mol. The SMILES string of the molecule is CCCCNC(=O)c1nc(C(=O)Nc2cc(C)ccc2OC)c2n1CCCC2. The van der Waals surface area contributed by atoms with Gasteiger partial charge in [-0.1, -0.05) is 19.4 Å². The highest BCUT2D eigenvalue weighted by molar-refractivity contribution is 6.05. The van der Waals surface area contributed by atoms with Gasteiger partial charge >= 0.3 is 0 Å². The number of ether oxygens (including phenoxy) is 1. The van der Waals surface area contributed by atoms with E-state index in [2.05, 4.69) is 22.5 Å². The van der Waals surface area contributed by atoms with Crippen molar-refractivity contribution in [2.24, 2.45) is 0 Å². The van der Waals surface area contributed by atoms with Crippen molar-refractivity contribution in [1.82, 2.24) is 14.9 Å². The second kappa shape index (κ2) is 8.91. The van der Waals surface area contributed by atoms with Crippen LogP contribution in [0, 0.1) is 6.92 Å². The summed E-state index contributed by atoms with van der Waals surface area (Å²) in [4.78, 5) is 30.0. The van der Waals surface area contributed by atoms with Gasteiger partial charge in [-0.15, -0.1) is 0 Å². The molecule has 0 unspecified atom stereocenters. The highest BCUT2D eigenvalue weighted by Gasteiger charge is 2.27. The first-order chi connectivity index (χ1) is 13.5. The van der Waals surface area contributed by atoms with E-state index < -0.39 is 0 Å². The van der Waals surface area contributed by atoms with Crippen LogP contribution >= 0.6 is 0 Å². The van der Waals surface area contributed by atoms with Crippen LogP contribution in [0.2, 0.25) is 0 Å². The second-order valence-electron chi connectivity index (χ2n) is 7.11. The molecule has 0 saturated heterocycles. The van der Waals surface area contributed by atoms with E-state index in [1.807, 2.05) is 29.7 Å². The topological polar surface area (TPSA) is 85.2 Å². The fraction of sp³-hybridized carbons (Fsp3) is 0.476. The number of benzene rings is 1. The average Bonchev–Trinajstić information content (AvgIpc) is 3.08. The molecular formula is C21H28N4O3. The predicted octanol–water partition coefficient (Wildman–Crippen LogP) is 3.32. The molecule has 2 N–H and O–H groups in total. The molecule has 0 bridgehead atoms. The van der Waals surface area contributed by atoms with Gasteiger partial charge in [0.1, 0.15) is 5.75 Å². The van der Waals surface area contributed by atoms with Gasteiger partial charge in [-0.05, 0) is 50.3 Å². The maximum Gasteiger partial charge on any atom is 0.287 e. The van der Waals surface area contributed by atoms with Crippen LogP contribution in [0.15, 0.2) is 18.2 Å². The number of fused-ring (bicyclic) bond motifs is 1. The Bertz CT molecular complexity index is 873. The highest BCUT2D eigenvalue weighted by atomic mass is 16.5. The minimum Gasteiger partial charge on any atom is -0.495 e. The number of carbonyl (C=O) groups is 2. The maximum absolute atomic E-state index is 13.0. The molecule has 0 radical (unpaired) electrons. The van der Waals surface area contributed by atoms with Crippen molar-refractivity contribution in [3.63, 3.8) is 0 Å². The Hall–Kier alpha value is -2.83. The Morgan fingerprint density at radius 1 is 1.25 bits per heavy atom. The Labute approximate surface area is 165 Å². The number of methoxy groups -OCH3 is 1. The first kappa shape index (κ1) is 19.9. The van der Waals surface area contributed by atoms with Crippen LogP contribution in [-0.4, -0.2) is 35.0 Å². The Morgan fingerprint density at radius 2 is 2.07 bits per heavy atom. The number of nitrogens with zero attached hydrogens (tertiary/aromatic N) is 2. The number of rotatable bonds is 7. The van der Waals surface area contributed by atoms with Crippen molar-refractivity contribution >= 4 is 17.5 Å². The van der Waals surface area contributed by atoms with Crippen molar-refractivity contribution in [2.45, 2.75) is 52.5 Å². The van der Waals surface area contributed by atoms with E-state index in [1.165, 1.54) is 0 Å².